The zero-order valence-corrected chi connectivity index (χ0v) is 14.0. The van der Waals surface area contributed by atoms with Gasteiger partial charge in [0.15, 0.2) is 11.2 Å². The largest absolute Gasteiger partial charge is 0.329 e. The lowest BCUT2D eigenvalue weighted by Gasteiger charge is -2.04. The van der Waals surface area contributed by atoms with Gasteiger partial charge < -0.3 is 0 Å². The number of aromatic amines is 1. The highest BCUT2D eigenvalue weighted by atomic mass is 16.2. The van der Waals surface area contributed by atoms with Crippen LogP contribution in [0.2, 0.25) is 0 Å². The van der Waals surface area contributed by atoms with Gasteiger partial charge in [0.2, 0.25) is 5.95 Å². The van der Waals surface area contributed by atoms with Crippen molar-refractivity contribution >= 4 is 23.3 Å². The molecule has 128 valence electrons. The van der Waals surface area contributed by atoms with Gasteiger partial charge in [-0.2, -0.15) is 10.1 Å². The molecule has 0 aliphatic rings. The summed E-state index contributed by atoms with van der Waals surface area (Å²) < 4.78 is 2.90. The number of hydrazone groups is 1. The maximum Gasteiger partial charge on any atom is 0.329 e. The van der Waals surface area contributed by atoms with Crippen LogP contribution in [0.1, 0.15) is 11.1 Å². The standard InChI is InChI=1S/C17H18N6O2/c1-4-9-23-13-14(22(3)17(25)20-15(13)24)19-16(23)21-18-10-12-7-5-11(2)6-8-12/h4-8,10H,1,9H2,2-3H3,(H,19,21)(H,20,24,25). The van der Waals surface area contributed by atoms with Crippen LogP contribution in [0, 0.1) is 6.92 Å². The lowest BCUT2D eigenvalue weighted by atomic mass is 10.2. The van der Waals surface area contributed by atoms with Gasteiger partial charge in [-0.25, -0.2) is 10.2 Å². The van der Waals surface area contributed by atoms with Crippen molar-refractivity contribution in [3.8, 4) is 0 Å². The summed E-state index contributed by atoms with van der Waals surface area (Å²) in [5.74, 6) is 0.352. The highest BCUT2D eigenvalue weighted by molar-refractivity contribution is 5.80. The fraction of sp³-hybridized carbons (Fsp3) is 0.176. The minimum absolute atomic E-state index is 0.281. The van der Waals surface area contributed by atoms with Crippen molar-refractivity contribution in [1.29, 1.82) is 0 Å². The molecule has 0 spiro atoms. The Hall–Kier alpha value is -3.42. The number of aryl methyl sites for hydroxylation is 2. The lowest BCUT2D eigenvalue weighted by molar-refractivity contribution is 0.819. The summed E-state index contributed by atoms with van der Waals surface area (Å²) in [5, 5.41) is 4.17. The Morgan fingerprint density at radius 3 is 2.72 bits per heavy atom. The number of nitrogens with one attached hydrogen (secondary N) is 2. The molecule has 0 unspecified atom stereocenters. The van der Waals surface area contributed by atoms with E-state index in [0.29, 0.717) is 12.5 Å². The predicted molar refractivity (Wildman–Crippen MR) is 98.2 cm³/mol. The van der Waals surface area contributed by atoms with E-state index < -0.39 is 11.2 Å². The van der Waals surface area contributed by atoms with Crippen LogP contribution in [0.4, 0.5) is 5.95 Å². The van der Waals surface area contributed by atoms with Crippen LogP contribution >= 0.6 is 0 Å². The minimum atomic E-state index is -0.518. The van der Waals surface area contributed by atoms with Crippen molar-refractivity contribution in [2.75, 3.05) is 5.43 Å². The molecule has 3 aromatic rings. The first-order valence-corrected chi connectivity index (χ1v) is 7.67. The lowest BCUT2D eigenvalue weighted by Crippen LogP contribution is -2.29. The summed E-state index contributed by atoms with van der Waals surface area (Å²) in [7, 11) is 1.55. The highest BCUT2D eigenvalue weighted by Gasteiger charge is 2.16. The number of hydrogen-bond acceptors (Lipinski definition) is 5. The molecule has 0 atom stereocenters. The fourth-order valence-electron chi connectivity index (χ4n) is 2.44. The second kappa shape index (κ2) is 6.60. The van der Waals surface area contributed by atoms with Crippen LogP contribution in [0.15, 0.2) is 51.6 Å². The Bertz CT molecular complexity index is 1070. The van der Waals surface area contributed by atoms with E-state index in [9.17, 15) is 9.59 Å². The van der Waals surface area contributed by atoms with Crippen molar-refractivity contribution in [1.82, 2.24) is 19.1 Å². The van der Waals surface area contributed by atoms with E-state index >= 15 is 0 Å². The molecule has 0 amide bonds. The minimum Gasteiger partial charge on any atom is -0.299 e. The second-order valence-corrected chi connectivity index (χ2v) is 5.61. The van der Waals surface area contributed by atoms with Crippen molar-refractivity contribution < 1.29 is 0 Å². The van der Waals surface area contributed by atoms with Crippen LogP contribution in [0.3, 0.4) is 0 Å². The number of benzene rings is 1. The molecule has 0 saturated carbocycles. The molecule has 0 aliphatic heterocycles. The second-order valence-electron chi connectivity index (χ2n) is 5.61. The summed E-state index contributed by atoms with van der Waals surface area (Å²) in [6.45, 7) is 6.05. The van der Waals surface area contributed by atoms with E-state index in [1.165, 1.54) is 4.57 Å². The van der Waals surface area contributed by atoms with Crippen LogP contribution < -0.4 is 16.7 Å². The molecule has 0 bridgehead atoms. The van der Waals surface area contributed by atoms with Crippen LogP contribution in [-0.2, 0) is 13.6 Å². The number of rotatable bonds is 5. The maximum atomic E-state index is 12.2. The molecule has 2 heterocycles. The molecule has 0 fully saturated rings. The Labute approximate surface area is 143 Å². The Kier molecular flexibility index (Phi) is 4.34. The van der Waals surface area contributed by atoms with Gasteiger partial charge in [-0.3, -0.25) is 18.9 Å². The van der Waals surface area contributed by atoms with Gasteiger partial charge in [-0.15, -0.1) is 6.58 Å². The average molecular weight is 338 g/mol. The van der Waals surface area contributed by atoms with Crippen LogP contribution in [-0.4, -0.2) is 25.3 Å². The molecule has 2 aromatic heterocycles. The van der Waals surface area contributed by atoms with E-state index in [2.05, 4.69) is 27.1 Å². The molecule has 25 heavy (non-hydrogen) atoms. The highest BCUT2D eigenvalue weighted by Crippen LogP contribution is 2.15. The third-order valence-corrected chi connectivity index (χ3v) is 3.77. The molecule has 0 radical (unpaired) electrons. The monoisotopic (exact) mass is 338 g/mol. The molecule has 0 aliphatic carbocycles. The van der Waals surface area contributed by atoms with Gasteiger partial charge in [0.25, 0.3) is 5.56 Å². The molecule has 1 aromatic carbocycles. The summed E-state index contributed by atoms with van der Waals surface area (Å²) in [4.78, 5) is 30.5. The maximum absolute atomic E-state index is 12.2. The number of nitrogens with zero attached hydrogens (tertiary/aromatic N) is 4. The Morgan fingerprint density at radius 2 is 2.04 bits per heavy atom. The number of H-pyrrole nitrogens is 1. The number of anilines is 1. The summed E-state index contributed by atoms with van der Waals surface area (Å²) in [6.07, 6.45) is 3.29. The van der Waals surface area contributed by atoms with Gasteiger partial charge in [-0.1, -0.05) is 35.9 Å². The molecule has 3 rings (SSSR count). The van der Waals surface area contributed by atoms with Crippen molar-refractivity contribution in [2.45, 2.75) is 13.5 Å². The van der Waals surface area contributed by atoms with E-state index in [4.69, 9.17) is 0 Å². The zero-order valence-electron chi connectivity index (χ0n) is 14.0. The smallest absolute Gasteiger partial charge is 0.299 e. The Balaban J connectivity index is 2.02. The number of hydrogen-bond donors (Lipinski definition) is 2. The SMILES string of the molecule is C=CCn1c(NN=Cc2ccc(C)cc2)nc2c1c(=O)[nH]c(=O)n2C. The van der Waals surface area contributed by atoms with Gasteiger partial charge in [-0.05, 0) is 12.5 Å². The van der Waals surface area contributed by atoms with E-state index in [1.54, 1.807) is 23.9 Å². The van der Waals surface area contributed by atoms with Gasteiger partial charge in [0.1, 0.15) is 0 Å². The van der Waals surface area contributed by atoms with Crippen LogP contribution in [0.5, 0.6) is 0 Å². The molecule has 8 heteroatoms. The molecular weight excluding hydrogens is 320 g/mol. The van der Waals surface area contributed by atoms with Crippen molar-refractivity contribution in [2.24, 2.45) is 12.1 Å². The summed E-state index contributed by atoms with van der Waals surface area (Å²) in [6, 6.07) is 7.87. The third kappa shape index (κ3) is 3.14. The summed E-state index contributed by atoms with van der Waals surface area (Å²) >= 11 is 0. The average Bonchev–Trinajstić information content (AvgIpc) is 2.94. The first-order chi connectivity index (χ1) is 12.0. The molecular formula is C17H18N6O2. The van der Waals surface area contributed by atoms with Crippen LogP contribution in [0.25, 0.3) is 11.2 Å². The van der Waals surface area contributed by atoms with Gasteiger partial charge in [0.05, 0.1) is 6.21 Å². The van der Waals surface area contributed by atoms with Crippen molar-refractivity contribution in [3.05, 3.63) is 68.9 Å². The number of allylic oxidation sites excluding steroid dienone is 1. The van der Waals surface area contributed by atoms with E-state index in [-0.39, 0.29) is 11.2 Å². The normalized spacial score (nSPS) is 11.3. The van der Waals surface area contributed by atoms with E-state index in [1.807, 2.05) is 31.2 Å². The van der Waals surface area contributed by atoms with Gasteiger partial charge >= 0.3 is 5.69 Å². The zero-order chi connectivity index (χ0) is 18.0. The number of imidazole rings is 1. The number of aromatic nitrogens is 4. The first-order valence-electron chi connectivity index (χ1n) is 7.67. The Morgan fingerprint density at radius 1 is 1.32 bits per heavy atom. The predicted octanol–water partition coefficient (Wildman–Crippen LogP) is 1.36. The third-order valence-electron chi connectivity index (χ3n) is 3.77. The van der Waals surface area contributed by atoms with E-state index in [0.717, 1.165) is 11.1 Å². The molecule has 8 nitrogen and oxygen atoms in total. The number of fused-ring (bicyclic) bond motifs is 1. The molecule has 0 saturated heterocycles. The fourth-order valence-corrected chi connectivity index (χ4v) is 2.44. The first kappa shape index (κ1) is 16.4. The quantitative estimate of drug-likeness (QED) is 0.417. The summed E-state index contributed by atoms with van der Waals surface area (Å²) in [5.41, 5.74) is 4.47. The topological polar surface area (TPSA) is 97.1 Å². The van der Waals surface area contributed by atoms with Gasteiger partial charge in [0, 0.05) is 13.6 Å². The van der Waals surface area contributed by atoms with Crippen molar-refractivity contribution in [3.63, 3.8) is 0 Å². The molecule has 2 N–H and O–H groups in total.